The van der Waals surface area contributed by atoms with Crippen molar-refractivity contribution in [3.8, 4) is 11.5 Å². The molecule has 0 unspecified atom stereocenters. The normalized spacial score (nSPS) is 11.6. The van der Waals surface area contributed by atoms with Crippen molar-refractivity contribution >= 4 is 5.91 Å². The first-order valence-electron chi connectivity index (χ1n) is 7.90. The van der Waals surface area contributed by atoms with Crippen LogP contribution in [0.2, 0.25) is 0 Å². The zero-order valence-electron chi connectivity index (χ0n) is 14.3. The first-order chi connectivity index (χ1) is 11.6. The minimum Gasteiger partial charge on any atom is -0.493 e. The van der Waals surface area contributed by atoms with Crippen molar-refractivity contribution in [2.75, 3.05) is 20.8 Å². The Morgan fingerprint density at radius 3 is 2.42 bits per heavy atom. The average molecular weight is 328 g/mol. The summed E-state index contributed by atoms with van der Waals surface area (Å²) in [5.41, 5.74) is 2.11. The first kappa shape index (κ1) is 17.8. The summed E-state index contributed by atoms with van der Waals surface area (Å²) in [6.07, 6.45) is 0. The molecule has 0 fully saturated rings. The number of nitrogens with one attached hydrogen (secondary N) is 2. The highest BCUT2D eigenvalue weighted by Gasteiger charge is 2.08. The fourth-order valence-electron chi connectivity index (χ4n) is 2.36. The van der Waals surface area contributed by atoms with Gasteiger partial charge in [0.1, 0.15) is 0 Å². The molecule has 2 aromatic rings. The molecule has 1 atom stereocenters. The fourth-order valence-corrected chi connectivity index (χ4v) is 2.36. The summed E-state index contributed by atoms with van der Waals surface area (Å²) in [5.74, 6) is 1.28. The number of amides is 1. The minimum atomic E-state index is -0.0485. The van der Waals surface area contributed by atoms with Crippen molar-refractivity contribution in [2.45, 2.75) is 19.5 Å². The van der Waals surface area contributed by atoms with Crippen molar-refractivity contribution in [1.82, 2.24) is 10.6 Å². The largest absolute Gasteiger partial charge is 0.493 e. The van der Waals surface area contributed by atoms with Gasteiger partial charge in [-0.05, 0) is 30.2 Å². The van der Waals surface area contributed by atoms with Gasteiger partial charge >= 0.3 is 0 Å². The maximum absolute atomic E-state index is 12.0. The summed E-state index contributed by atoms with van der Waals surface area (Å²) in [5, 5.41) is 6.12. The zero-order chi connectivity index (χ0) is 17.4. The van der Waals surface area contributed by atoms with E-state index in [1.54, 1.807) is 14.2 Å². The highest BCUT2D eigenvalue weighted by Crippen LogP contribution is 2.27. The topological polar surface area (TPSA) is 59.6 Å². The summed E-state index contributed by atoms with van der Waals surface area (Å²) in [4.78, 5) is 12.0. The van der Waals surface area contributed by atoms with E-state index in [4.69, 9.17) is 9.47 Å². The Balaban J connectivity index is 1.81. The van der Waals surface area contributed by atoms with E-state index >= 15 is 0 Å². The molecule has 0 saturated heterocycles. The predicted molar refractivity (Wildman–Crippen MR) is 94.3 cm³/mol. The van der Waals surface area contributed by atoms with E-state index in [0.717, 1.165) is 11.1 Å². The van der Waals surface area contributed by atoms with Gasteiger partial charge in [0.25, 0.3) is 0 Å². The van der Waals surface area contributed by atoms with Crippen molar-refractivity contribution in [3.63, 3.8) is 0 Å². The molecule has 1 amide bonds. The Kier molecular flexibility index (Phi) is 6.63. The highest BCUT2D eigenvalue weighted by molar-refractivity contribution is 5.78. The number of benzene rings is 2. The van der Waals surface area contributed by atoms with Gasteiger partial charge in [0.2, 0.25) is 5.91 Å². The molecule has 2 aromatic carbocycles. The Hall–Kier alpha value is -2.53. The molecule has 0 saturated carbocycles. The molecule has 0 heterocycles. The maximum atomic E-state index is 12.0. The van der Waals surface area contributed by atoms with Crippen LogP contribution >= 0.6 is 0 Å². The summed E-state index contributed by atoms with van der Waals surface area (Å²) < 4.78 is 10.5. The van der Waals surface area contributed by atoms with Crippen LogP contribution in [0.1, 0.15) is 24.1 Å². The third-order valence-electron chi connectivity index (χ3n) is 3.81. The van der Waals surface area contributed by atoms with Crippen LogP contribution in [-0.4, -0.2) is 26.7 Å². The molecule has 5 nitrogen and oxygen atoms in total. The SMILES string of the molecule is COc1ccc(CNC(=O)CN[C@@H](C)c2ccccc2)cc1OC. The quantitative estimate of drug-likeness (QED) is 0.782. The monoisotopic (exact) mass is 328 g/mol. The highest BCUT2D eigenvalue weighted by atomic mass is 16.5. The van der Waals surface area contributed by atoms with Gasteiger partial charge < -0.3 is 20.1 Å². The molecule has 2 rings (SSSR count). The van der Waals surface area contributed by atoms with Crippen molar-refractivity contribution in [1.29, 1.82) is 0 Å². The number of methoxy groups -OCH3 is 2. The third kappa shape index (κ3) is 4.99. The van der Waals surface area contributed by atoms with Gasteiger partial charge in [-0.25, -0.2) is 0 Å². The number of hydrogen-bond donors (Lipinski definition) is 2. The Labute approximate surface area is 143 Å². The van der Waals surface area contributed by atoms with Crippen LogP contribution in [0.15, 0.2) is 48.5 Å². The standard InChI is InChI=1S/C19H24N2O3/c1-14(16-7-5-4-6-8-16)20-13-19(22)21-12-15-9-10-17(23-2)18(11-15)24-3/h4-11,14,20H,12-13H2,1-3H3,(H,21,22)/t14-/m0/s1. The van der Waals surface area contributed by atoms with Crippen LogP contribution in [0.25, 0.3) is 0 Å². The number of hydrogen-bond acceptors (Lipinski definition) is 4. The second-order valence-corrected chi connectivity index (χ2v) is 5.48. The molecule has 2 N–H and O–H groups in total. The van der Waals surface area contributed by atoms with Gasteiger partial charge in [-0.1, -0.05) is 36.4 Å². The molecule has 5 heteroatoms. The number of carbonyl (C=O) groups is 1. The van der Waals surface area contributed by atoms with E-state index in [-0.39, 0.29) is 18.5 Å². The molecule has 0 radical (unpaired) electrons. The lowest BCUT2D eigenvalue weighted by Crippen LogP contribution is -2.34. The van der Waals surface area contributed by atoms with Crippen LogP contribution in [0.3, 0.4) is 0 Å². The Morgan fingerprint density at radius 2 is 1.75 bits per heavy atom. The summed E-state index contributed by atoms with van der Waals surface area (Å²) in [6, 6.07) is 15.8. The van der Waals surface area contributed by atoms with Gasteiger partial charge in [0.15, 0.2) is 11.5 Å². The van der Waals surface area contributed by atoms with E-state index in [0.29, 0.717) is 18.0 Å². The van der Waals surface area contributed by atoms with E-state index < -0.39 is 0 Å². The Morgan fingerprint density at radius 1 is 1.04 bits per heavy atom. The average Bonchev–Trinajstić information content (AvgIpc) is 2.64. The molecule has 0 aliphatic rings. The van der Waals surface area contributed by atoms with E-state index in [1.165, 1.54) is 0 Å². The minimum absolute atomic E-state index is 0.0485. The molecular weight excluding hydrogens is 304 g/mol. The number of ether oxygens (including phenoxy) is 2. The molecule has 0 aromatic heterocycles. The van der Waals surface area contributed by atoms with Gasteiger partial charge in [0, 0.05) is 12.6 Å². The van der Waals surface area contributed by atoms with Crippen LogP contribution in [-0.2, 0) is 11.3 Å². The second-order valence-electron chi connectivity index (χ2n) is 5.48. The maximum Gasteiger partial charge on any atom is 0.234 e. The molecular formula is C19H24N2O3. The predicted octanol–water partition coefficient (Wildman–Crippen LogP) is 2.67. The molecule has 0 aliphatic carbocycles. The first-order valence-corrected chi connectivity index (χ1v) is 7.90. The molecule has 24 heavy (non-hydrogen) atoms. The molecule has 0 aliphatic heterocycles. The third-order valence-corrected chi connectivity index (χ3v) is 3.81. The summed E-state index contributed by atoms with van der Waals surface area (Å²) in [6.45, 7) is 2.75. The Bertz CT molecular complexity index is 659. The number of rotatable bonds is 8. The van der Waals surface area contributed by atoms with Gasteiger partial charge in [-0.15, -0.1) is 0 Å². The van der Waals surface area contributed by atoms with Crippen LogP contribution in [0.4, 0.5) is 0 Å². The molecule has 0 spiro atoms. The van der Waals surface area contributed by atoms with Crippen LogP contribution < -0.4 is 20.1 Å². The lowest BCUT2D eigenvalue weighted by Gasteiger charge is -2.14. The fraction of sp³-hybridized carbons (Fsp3) is 0.316. The van der Waals surface area contributed by atoms with E-state index in [9.17, 15) is 4.79 Å². The van der Waals surface area contributed by atoms with Gasteiger partial charge in [-0.3, -0.25) is 4.79 Å². The van der Waals surface area contributed by atoms with E-state index in [2.05, 4.69) is 10.6 Å². The van der Waals surface area contributed by atoms with Gasteiger partial charge in [0.05, 0.1) is 20.8 Å². The van der Waals surface area contributed by atoms with Crippen molar-refractivity contribution in [2.24, 2.45) is 0 Å². The lowest BCUT2D eigenvalue weighted by molar-refractivity contribution is -0.120. The summed E-state index contributed by atoms with van der Waals surface area (Å²) in [7, 11) is 3.19. The number of carbonyl (C=O) groups excluding carboxylic acids is 1. The van der Waals surface area contributed by atoms with Gasteiger partial charge in [-0.2, -0.15) is 0 Å². The van der Waals surface area contributed by atoms with E-state index in [1.807, 2.05) is 55.5 Å². The lowest BCUT2D eigenvalue weighted by atomic mass is 10.1. The summed E-state index contributed by atoms with van der Waals surface area (Å²) >= 11 is 0. The van der Waals surface area contributed by atoms with Crippen LogP contribution in [0, 0.1) is 0 Å². The van der Waals surface area contributed by atoms with Crippen molar-refractivity contribution < 1.29 is 14.3 Å². The second kappa shape index (κ2) is 8.93. The zero-order valence-corrected chi connectivity index (χ0v) is 14.3. The van der Waals surface area contributed by atoms with Crippen LogP contribution in [0.5, 0.6) is 11.5 Å². The molecule has 0 bridgehead atoms. The molecule has 128 valence electrons. The van der Waals surface area contributed by atoms with Crippen molar-refractivity contribution in [3.05, 3.63) is 59.7 Å². The smallest absolute Gasteiger partial charge is 0.234 e.